The number of rotatable bonds is 6. The first-order valence-corrected chi connectivity index (χ1v) is 6.62. The molecule has 0 radical (unpaired) electrons. The molecular formula is C17H20O3. The number of hydrogen-bond donors (Lipinski definition) is 1. The molecule has 0 saturated heterocycles. The van der Waals surface area contributed by atoms with Crippen LogP contribution in [0.15, 0.2) is 42.5 Å². The maximum Gasteiger partial charge on any atom is 0.146 e. The third kappa shape index (κ3) is 3.25. The third-order valence-corrected chi connectivity index (χ3v) is 3.27. The van der Waals surface area contributed by atoms with E-state index in [0.29, 0.717) is 6.61 Å². The Morgan fingerprint density at radius 3 is 2.50 bits per heavy atom. The summed E-state index contributed by atoms with van der Waals surface area (Å²) in [4.78, 5) is 0. The van der Waals surface area contributed by atoms with Gasteiger partial charge in [0.2, 0.25) is 0 Å². The van der Waals surface area contributed by atoms with Gasteiger partial charge < -0.3 is 14.6 Å². The SMILES string of the molecule is COCOCc1ccccc1-c1c(C)cccc1CO. The molecule has 0 spiro atoms. The summed E-state index contributed by atoms with van der Waals surface area (Å²) in [6.45, 7) is 2.85. The highest BCUT2D eigenvalue weighted by Gasteiger charge is 2.11. The van der Waals surface area contributed by atoms with E-state index in [9.17, 15) is 5.11 Å². The number of aliphatic hydroxyl groups excluding tert-OH is 1. The van der Waals surface area contributed by atoms with Crippen molar-refractivity contribution in [1.82, 2.24) is 0 Å². The molecule has 0 saturated carbocycles. The van der Waals surface area contributed by atoms with Crippen LogP contribution in [0, 0.1) is 6.92 Å². The van der Waals surface area contributed by atoms with E-state index in [1.807, 2.05) is 30.3 Å². The molecule has 0 fully saturated rings. The Kier molecular flexibility index (Phi) is 5.30. The highest BCUT2D eigenvalue weighted by atomic mass is 16.7. The fraction of sp³-hybridized carbons (Fsp3) is 0.294. The van der Waals surface area contributed by atoms with Crippen molar-refractivity contribution in [3.05, 3.63) is 59.2 Å². The Morgan fingerprint density at radius 2 is 1.75 bits per heavy atom. The van der Waals surface area contributed by atoms with E-state index in [1.165, 1.54) is 0 Å². The molecule has 20 heavy (non-hydrogen) atoms. The maximum absolute atomic E-state index is 9.56. The second-order valence-electron chi connectivity index (χ2n) is 4.68. The number of benzene rings is 2. The Balaban J connectivity index is 2.42. The van der Waals surface area contributed by atoms with E-state index in [1.54, 1.807) is 7.11 Å². The van der Waals surface area contributed by atoms with Gasteiger partial charge in [-0.1, -0.05) is 42.5 Å². The summed E-state index contributed by atoms with van der Waals surface area (Å²) in [5.74, 6) is 0. The van der Waals surface area contributed by atoms with Crippen molar-refractivity contribution in [1.29, 1.82) is 0 Å². The summed E-state index contributed by atoms with van der Waals surface area (Å²) < 4.78 is 10.4. The van der Waals surface area contributed by atoms with E-state index in [-0.39, 0.29) is 13.4 Å². The average Bonchev–Trinajstić information content (AvgIpc) is 2.48. The highest BCUT2D eigenvalue weighted by Crippen LogP contribution is 2.30. The Hall–Kier alpha value is -1.68. The van der Waals surface area contributed by atoms with E-state index in [2.05, 4.69) is 19.1 Å². The van der Waals surface area contributed by atoms with Crippen molar-refractivity contribution in [3.63, 3.8) is 0 Å². The highest BCUT2D eigenvalue weighted by molar-refractivity contribution is 5.73. The lowest BCUT2D eigenvalue weighted by Gasteiger charge is -2.15. The molecule has 3 nitrogen and oxygen atoms in total. The summed E-state index contributed by atoms with van der Waals surface area (Å²) in [6, 6.07) is 14.1. The van der Waals surface area contributed by atoms with Gasteiger partial charge in [0.05, 0.1) is 13.2 Å². The molecule has 0 aromatic heterocycles. The molecule has 0 aliphatic heterocycles. The first-order valence-electron chi connectivity index (χ1n) is 6.62. The fourth-order valence-electron chi connectivity index (χ4n) is 2.37. The Bertz CT molecular complexity index is 564. The van der Waals surface area contributed by atoms with Gasteiger partial charge in [0.15, 0.2) is 0 Å². The third-order valence-electron chi connectivity index (χ3n) is 3.27. The molecule has 1 N–H and O–H groups in total. The molecule has 0 unspecified atom stereocenters. The van der Waals surface area contributed by atoms with Gasteiger partial charge in [-0.2, -0.15) is 0 Å². The van der Waals surface area contributed by atoms with Crippen molar-refractivity contribution in [2.75, 3.05) is 13.9 Å². The van der Waals surface area contributed by atoms with Crippen molar-refractivity contribution in [2.24, 2.45) is 0 Å². The summed E-state index contributed by atoms with van der Waals surface area (Å²) in [5, 5.41) is 9.56. The van der Waals surface area contributed by atoms with E-state index < -0.39 is 0 Å². The van der Waals surface area contributed by atoms with Gasteiger partial charge >= 0.3 is 0 Å². The van der Waals surface area contributed by atoms with Crippen LogP contribution in [0.1, 0.15) is 16.7 Å². The summed E-state index contributed by atoms with van der Waals surface area (Å²) in [7, 11) is 1.61. The van der Waals surface area contributed by atoms with E-state index in [4.69, 9.17) is 9.47 Å². The predicted molar refractivity (Wildman–Crippen MR) is 79.2 cm³/mol. The number of methoxy groups -OCH3 is 1. The van der Waals surface area contributed by atoms with Crippen LogP contribution in [0.4, 0.5) is 0 Å². The molecule has 2 aromatic carbocycles. The monoisotopic (exact) mass is 272 g/mol. The minimum Gasteiger partial charge on any atom is -0.392 e. The van der Waals surface area contributed by atoms with Gasteiger partial charge in [-0.25, -0.2) is 0 Å². The Labute approximate surface area is 119 Å². The van der Waals surface area contributed by atoms with Crippen LogP contribution in [0.3, 0.4) is 0 Å². The standard InChI is InChI=1S/C17H20O3/c1-13-6-5-8-14(10-18)17(13)16-9-4-3-7-15(16)11-20-12-19-2/h3-9,18H,10-12H2,1-2H3. The van der Waals surface area contributed by atoms with Crippen LogP contribution in [0.25, 0.3) is 11.1 Å². The van der Waals surface area contributed by atoms with Gasteiger partial charge in [-0.15, -0.1) is 0 Å². The lowest BCUT2D eigenvalue weighted by atomic mass is 9.92. The molecule has 106 valence electrons. The van der Waals surface area contributed by atoms with Gasteiger partial charge in [-0.05, 0) is 34.7 Å². The lowest BCUT2D eigenvalue weighted by molar-refractivity contribution is -0.0389. The second-order valence-corrected chi connectivity index (χ2v) is 4.68. The van der Waals surface area contributed by atoms with Crippen molar-refractivity contribution < 1.29 is 14.6 Å². The minimum atomic E-state index is 0.0320. The molecule has 0 amide bonds. The molecule has 0 aliphatic carbocycles. The maximum atomic E-state index is 9.56. The zero-order chi connectivity index (χ0) is 14.4. The Morgan fingerprint density at radius 1 is 1.00 bits per heavy atom. The van der Waals surface area contributed by atoms with Crippen LogP contribution >= 0.6 is 0 Å². The zero-order valence-corrected chi connectivity index (χ0v) is 11.9. The van der Waals surface area contributed by atoms with Crippen LogP contribution in [0.2, 0.25) is 0 Å². The molecule has 3 heteroatoms. The minimum absolute atomic E-state index is 0.0320. The smallest absolute Gasteiger partial charge is 0.146 e. The molecule has 0 bridgehead atoms. The second kappa shape index (κ2) is 7.20. The van der Waals surface area contributed by atoms with Gasteiger partial charge in [0.25, 0.3) is 0 Å². The van der Waals surface area contributed by atoms with Crippen LogP contribution in [0.5, 0.6) is 0 Å². The summed E-state index contributed by atoms with van der Waals surface area (Å²) in [6.07, 6.45) is 0. The molecule has 0 atom stereocenters. The van der Waals surface area contributed by atoms with Crippen LogP contribution in [-0.4, -0.2) is 19.0 Å². The molecule has 2 rings (SSSR count). The molecule has 0 heterocycles. The number of aryl methyl sites for hydroxylation is 1. The topological polar surface area (TPSA) is 38.7 Å². The van der Waals surface area contributed by atoms with Crippen molar-refractivity contribution in [2.45, 2.75) is 20.1 Å². The normalized spacial score (nSPS) is 10.8. The van der Waals surface area contributed by atoms with Gasteiger partial charge in [-0.3, -0.25) is 0 Å². The van der Waals surface area contributed by atoms with Gasteiger partial charge in [0, 0.05) is 7.11 Å². The van der Waals surface area contributed by atoms with Crippen LogP contribution < -0.4 is 0 Å². The van der Waals surface area contributed by atoms with Crippen LogP contribution in [-0.2, 0) is 22.7 Å². The molecule has 2 aromatic rings. The van der Waals surface area contributed by atoms with Crippen molar-refractivity contribution in [3.8, 4) is 11.1 Å². The average molecular weight is 272 g/mol. The predicted octanol–water partition coefficient (Wildman–Crippen LogP) is 3.27. The zero-order valence-electron chi connectivity index (χ0n) is 11.9. The quantitative estimate of drug-likeness (QED) is 0.648. The number of ether oxygens (including phenoxy) is 2. The molecule has 0 aliphatic rings. The van der Waals surface area contributed by atoms with Crippen molar-refractivity contribution >= 4 is 0 Å². The summed E-state index contributed by atoms with van der Waals surface area (Å²) in [5.41, 5.74) is 5.37. The lowest BCUT2D eigenvalue weighted by Crippen LogP contribution is -2.01. The first kappa shape index (κ1) is 14.7. The summed E-state index contributed by atoms with van der Waals surface area (Å²) >= 11 is 0. The largest absolute Gasteiger partial charge is 0.392 e. The van der Waals surface area contributed by atoms with E-state index >= 15 is 0 Å². The van der Waals surface area contributed by atoms with E-state index in [0.717, 1.165) is 27.8 Å². The number of hydrogen-bond acceptors (Lipinski definition) is 3. The fourth-order valence-corrected chi connectivity index (χ4v) is 2.37. The first-order chi connectivity index (χ1) is 9.77. The molecular weight excluding hydrogens is 252 g/mol. The van der Waals surface area contributed by atoms with Gasteiger partial charge in [0.1, 0.15) is 6.79 Å². The number of aliphatic hydroxyl groups is 1.